The van der Waals surface area contributed by atoms with Gasteiger partial charge in [-0.15, -0.1) is 0 Å². The van der Waals surface area contributed by atoms with Crippen LogP contribution >= 0.6 is 0 Å². The Bertz CT molecular complexity index is 141. The molecule has 64 valence electrons. The van der Waals surface area contributed by atoms with Crippen LogP contribution in [-0.2, 0) is 19.1 Å². The summed E-state index contributed by atoms with van der Waals surface area (Å²) in [5, 5.41) is 0. The highest BCUT2D eigenvalue weighted by atomic mass is 16.5. The van der Waals surface area contributed by atoms with Gasteiger partial charge in [0, 0.05) is 13.5 Å². The summed E-state index contributed by atoms with van der Waals surface area (Å²) in [6.07, 6.45) is 0.333. The molecule has 0 rings (SSSR count). The van der Waals surface area contributed by atoms with E-state index in [1.54, 1.807) is 0 Å². The second-order valence-corrected chi connectivity index (χ2v) is 2.05. The van der Waals surface area contributed by atoms with Crippen molar-refractivity contribution < 1.29 is 19.1 Å². The molecule has 0 saturated carbocycles. The normalized spacial score (nSPS) is 9.27. The van der Waals surface area contributed by atoms with Gasteiger partial charge in [0.2, 0.25) is 0 Å². The Kier molecular flexibility index (Phi) is 5.37. The third-order valence-corrected chi connectivity index (χ3v) is 1.14. The van der Waals surface area contributed by atoms with E-state index in [1.807, 2.05) is 0 Å². The second-order valence-electron chi connectivity index (χ2n) is 2.05. The first kappa shape index (κ1) is 10.1. The fraction of sp³-hybridized carbons (Fsp3) is 0.714. The van der Waals surface area contributed by atoms with E-state index in [9.17, 15) is 9.59 Å². The van der Waals surface area contributed by atoms with Gasteiger partial charge in [-0.3, -0.25) is 9.59 Å². The number of Topliss-reactive ketones (excluding diaryl/α,β-unsaturated/α-hetero) is 1. The minimum Gasteiger partial charge on any atom is -0.469 e. The van der Waals surface area contributed by atoms with Crippen molar-refractivity contribution in [3.63, 3.8) is 0 Å². The van der Waals surface area contributed by atoms with Crippen molar-refractivity contribution in [1.29, 1.82) is 0 Å². The monoisotopic (exact) mass is 160 g/mol. The van der Waals surface area contributed by atoms with E-state index in [2.05, 4.69) is 9.47 Å². The van der Waals surface area contributed by atoms with Crippen LogP contribution < -0.4 is 0 Å². The van der Waals surface area contributed by atoms with Crippen LogP contribution in [-0.4, -0.2) is 32.6 Å². The summed E-state index contributed by atoms with van der Waals surface area (Å²) in [6.45, 7) is 0.0665. The Morgan fingerprint density at radius 2 is 1.82 bits per heavy atom. The summed E-state index contributed by atoms with van der Waals surface area (Å²) in [5.41, 5.74) is 0. The number of ether oxygens (including phenoxy) is 2. The molecule has 0 aromatic rings. The number of esters is 1. The Morgan fingerprint density at radius 1 is 1.18 bits per heavy atom. The third kappa shape index (κ3) is 5.54. The van der Waals surface area contributed by atoms with Crippen LogP contribution in [0.4, 0.5) is 0 Å². The average molecular weight is 160 g/mol. The number of carbonyl (C=O) groups excluding carboxylic acids is 2. The van der Waals surface area contributed by atoms with Crippen molar-refractivity contribution in [2.45, 2.75) is 12.8 Å². The number of rotatable bonds is 5. The lowest BCUT2D eigenvalue weighted by atomic mass is 10.2. The molecule has 0 heterocycles. The molecule has 0 saturated heterocycles. The number of methoxy groups -OCH3 is 2. The molecule has 0 unspecified atom stereocenters. The average Bonchev–Trinajstić information content (AvgIpc) is 2.01. The van der Waals surface area contributed by atoms with E-state index in [1.165, 1.54) is 14.2 Å². The fourth-order valence-electron chi connectivity index (χ4n) is 0.577. The molecule has 0 aliphatic rings. The molecule has 0 aromatic heterocycles. The first-order chi connectivity index (χ1) is 5.20. The SMILES string of the molecule is COCC(=O)CCC(=O)OC. The molecule has 0 bridgehead atoms. The lowest BCUT2D eigenvalue weighted by Gasteiger charge is -1.97. The highest BCUT2D eigenvalue weighted by Gasteiger charge is 2.05. The van der Waals surface area contributed by atoms with E-state index in [-0.39, 0.29) is 31.2 Å². The van der Waals surface area contributed by atoms with E-state index < -0.39 is 0 Å². The topological polar surface area (TPSA) is 52.6 Å². The Morgan fingerprint density at radius 3 is 2.27 bits per heavy atom. The van der Waals surface area contributed by atoms with Gasteiger partial charge in [0.1, 0.15) is 6.61 Å². The van der Waals surface area contributed by atoms with Crippen LogP contribution in [0.5, 0.6) is 0 Å². The molecule has 0 N–H and O–H groups in total. The minimum atomic E-state index is -0.366. The maximum absolute atomic E-state index is 10.7. The number of hydrogen-bond acceptors (Lipinski definition) is 4. The maximum Gasteiger partial charge on any atom is 0.305 e. The molecule has 4 nitrogen and oxygen atoms in total. The number of carbonyl (C=O) groups is 2. The molecule has 0 fully saturated rings. The summed E-state index contributed by atoms with van der Waals surface area (Å²) < 4.78 is 8.91. The van der Waals surface area contributed by atoms with Gasteiger partial charge < -0.3 is 9.47 Å². The minimum absolute atomic E-state index is 0.0665. The smallest absolute Gasteiger partial charge is 0.305 e. The van der Waals surface area contributed by atoms with Gasteiger partial charge in [-0.25, -0.2) is 0 Å². The maximum atomic E-state index is 10.7. The molecule has 11 heavy (non-hydrogen) atoms. The molecular formula is C7H12O4. The predicted octanol–water partition coefficient (Wildman–Crippen LogP) is 0.155. The molecule has 0 aliphatic carbocycles. The lowest BCUT2D eigenvalue weighted by molar-refractivity contribution is -0.142. The molecule has 0 spiro atoms. The second kappa shape index (κ2) is 5.85. The van der Waals surface area contributed by atoms with Crippen LogP contribution in [0.15, 0.2) is 0 Å². The van der Waals surface area contributed by atoms with Gasteiger partial charge in [0.15, 0.2) is 5.78 Å². The van der Waals surface area contributed by atoms with Crippen LogP contribution in [0.2, 0.25) is 0 Å². The van der Waals surface area contributed by atoms with Gasteiger partial charge in [0.25, 0.3) is 0 Å². The highest BCUT2D eigenvalue weighted by Crippen LogP contribution is 1.93. The molecule has 4 heteroatoms. The molecule has 0 radical (unpaired) electrons. The molecule has 0 aliphatic heterocycles. The standard InChI is InChI=1S/C7H12O4/c1-10-5-6(8)3-4-7(9)11-2/h3-5H2,1-2H3. The van der Waals surface area contributed by atoms with Crippen molar-refractivity contribution in [2.24, 2.45) is 0 Å². The third-order valence-electron chi connectivity index (χ3n) is 1.14. The van der Waals surface area contributed by atoms with E-state index in [4.69, 9.17) is 0 Å². The molecule has 0 atom stereocenters. The van der Waals surface area contributed by atoms with E-state index in [0.29, 0.717) is 0 Å². The summed E-state index contributed by atoms with van der Waals surface area (Å²) in [4.78, 5) is 21.2. The molecule has 0 aromatic carbocycles. The zero-order valence-corrected chi connectivity index (χ0v) is 6.75. The first-order valence-corrected chi connectivity index (χ1v) is 3.28. The van der Waals surface area contributed by atoms with Crippen LogP contribution in [0.25, 0.3) is 0 Å². The van der Waals surface area contributed by atoms with Gasteiger partial charge in [0.05, 0.1) is 13.5 Å². The zero-order valence-electron chi connectivity index (χ0n) is 6.75. The predicted molar refractivity (Wildman–Crippen MR) is 38.1 cm³/mol. The van der Waals surface area contributed by atoms with Crippen LogP contribution in [0, 0.1) is 0 Å². The summed E-state index contributed by atoms with van der Waals surface area (Å²) >= 11 is 0. The summed E-state index contributed by atoms with van der Waals surface area (Å²) in [6, 6.07) is 0. The fourth-order valence-corrected chi connectivity index (χ4v) is 0.577. The van der Waals surface area contributed by atoms with Gasteiger partial charge >= 0.3 is 5.97 Å². The van der Waals surface area contributed by atoms with Crippen molar-refractivity contribution in [2.75, 3.05) is 20.8 Å². The lowest BCUT2D eigenvalue weighted by Crippen LogP contribution is -2.09. The van der Waals surface area contributed by atoms with Gasteiger partial charge in [-0.2, -0.15) is 0 Å². The largest absolute Gasteiger partial charge is 0.469 e. The quantitative estimate of drug-likeness (QED) is 0.537. The van der Waals surface area contributed by atoms with Crippen molar-refractivity contribution in [1.82, 2.24) is 0 Å². The van der Waals surface area contributed by atoms with Gasteiger partial charge in [-0.05, 0) is 0 Å². The Balaban J connectivity index is 3.38. The van der Waals surface area contributed by atoms with E-state index in [0.717, 1.165) is 0 Å². The Hall–Kier alpha value is -0.900. The first-order valence-electron chi connectivity index (χ1n) is 3.28. The highest BCUT2D eigenvalue weighted by molar-refractivity contribution is 5.83. The Labute approximate surface area is 65.5 Å². The van der Waals surface area contributed by atoms with Crippen molar-refractivity contribution >= 4 is 11.8 Å². The van der Waals surface area contributed by atoms with Crippen LogP contribution in [0.3, 0.4) is 0 Å². The molecule has 0 amide bonds. The van der Waals surface area contributed by atoms with E-state index >= 15 is 0 Å². The number of ketones is 1. The zero-order chi connectivity index (χ0) is 8.69. The summed E-state index contributed by atoms with van der Waals surface area (Å²) in [5.74, 6) is -0.452. The number of hydrogen-bond donors (Lipinski definition) is 0. The van der Waals surface area contributed by atoms with Crippen molar-refractivity contribution in [3.05, 3.63) is 0 Å². The molecular weight excluding hydrogens is 148 g/mol. The van der Waals surface area contributed by atoms with Crippen LogP contribution in [0.1, 0.15) is 12.8 Å². The van der Waals surface area contributed by atoms with Gasteiger partial charge in [-0.1, -0.05) is 0 Å². The summed E-state index contributed by atoms with van der Waals surface area (Å²) in [7, 11) is 2.74. The van der Waals surface area contributed by atoms with Crippen molar-refractivity contribution in [3.8, 4) is 0 Å².